The first-order chi connectivity index (χ1) is 9.43. The Morgan fingerprint density at radius 3 is 2.80 bits per heavy atom. The van der Waals surface area contributed by atoms with Crippen molar-refractivity contribution in [3.05, 3.63) is 24.1 Å². The summed E-state index contributed by atoms with van der Waals surface area (Å²) < 4.78 is 5.75. The number of aromatic nitrogens is 1. The molecule has 2 aromatic rings. The number of nitrogens with one attached hydrogen (secondary N) is 1. The maximum Gasteiger partial charge on any atom is 0.198 e. The van der Waals surface area contributed by atoms with Crippen LogP contribution in [-0.2, 0) is 0 Å². The molecule has 0 radical (unpaired) electrons. The number of nitrogens with zero attached hydrogens (tertiary/aromatic N) is 1. The van der Waals surface area contributed by atoms with Gasteiger partial charge in [0.15, 0.2) is 11.5 Å². The van der Waals surface area contributed by atoms with Gasteiger partial charge in [-0.3, -0.25) is 0 Å². The van der Waals surface area contributed by atoms with Crippen LogP contribution in [0.3, 0.4) is 0 Å². The predicted molar refractivity (Wildman–Crippen MR) is 83.1 cm³/mol. The van der Waals surface area contributed by atoms with Gasteiger partial charge in [0, 0.05) is 17.6 Å². The summed E-state index contributed by atoms with van der Waals surface area (Å²) in [6.45, 7) is 8.91. The number of fused-ring (bicyclic) bond motifs is 1. The average molecular weight is 272 g/mol. The number of hydrogen-bond acceptors (Lipinski definition) is 3. The summed E-state index contributed by atoms with van der Waals surface area (Å²) in [4.78, 5) is 4.57. The zero-order chi connectivity index (χ0) is 14.3. The number of rotatable bonds is 3. The highest BCUT2D eigenvalue weighted by Crippen LogP contribution is 2.38. The van der Waals surface area contributed by atoms with E-state index in [0.717, 1.165) is 22.7 Å². The van der Waals surface area contributed by atoms with Crippen LogP contribution >= 0.6 is 0 Å². The minimum absolute atomic E-state index is 0.328. The third-order valence-electron chi connectivity index (χ3n) is 4.24. The molecule has 20 heavy (non-hydrogen) atoms. The van der Waals surface area contributed by atoms with E-state index in [2.05, 4.69) is 50.1 Å². The molecule has 1 aromatic heterocycles. The fourth-order valence-corrected chi connectivity index (χ4v) is 3.08. The molecule has 1 unspecified atom stereocenters. The van der Waals surface area contributed by atoms with Crippen molar-refractivity contribution in [2.24, 2.45) is 5.41 Å². The third-order valence-corrected chi connectivity index (χ3v) is 4.24. The van der Waals surface area contributed by atoms with E-state index >= 15 is 0 Å². The van der Waals surface area contributed by atoms with Crippen molar-refractivity contribution in [1.29, 1.82) is 0 Å². The summed E-state index contributed by atoms with van der Waals surface area (Å²) in [6, 6.07) is 6.81. The maximum absolute atomic E-state index is 5.75. The fourth-order valence-electron chi connectivity index (χ4n) is 3.08. The molecule has 108 valence electrons. The van der Waals surface area contributed by atoms with Gasteiger partial charge in [0.2, 0.25) is 0 Å². The molecule has 0 saturated heterocycles. The molecule has 3 rings (SSSR count). The predicted octanol–water partition coefficient (Wildman–Crippen LogP) is 4.94. The van der Waals surface area contributed by atoms with Gasteiger partial charge in [-0.2, -0.15) is 0 Å². The lowest BCUT2D eigenvalue weighted by molar-refractivity contribution is 0.378. The van der Waals surface area contributed by atoms with Crippen LogP contribution in [0.25, 0.3) is 11.1 Å². The second kappa shape index (κ2) is 4.80. The molecule has 1 aliphatic rings. The highest BCUT2D eigenvalue weighted by atomic mass is 16.3. The quantitative estimate of drug-likeness (QED) is 0.859. The monoisotopic (exact) mass is 272 g/mol. The van der Waals surface area contributed by atoms with Crippen molar-refractivity contribution in [2.45, 2.75) is 58.9 Å². The normalized spacial score (nSPS) is 21.8. The van der Waals surface area contributed by atoms with Gasteiger partial charge in [0.1, 0.15) is 5.52 Å². The Morgan fingerprint density at radius 2 is 2.15 bits per heavy atom. The fraction of sp³-hybridized carbons (Fsp3) is 0.588. The molecule has 3 nitrogen and oxygen atoms in total. The lowest BCUT2D eigenvalue weighted by Crippen LogP contribution is -2.17. The minimum Gasteiger partial charge on any atom is -0.440 e. The first kappa shape index (κ1) is 13.5. The highest BCUT2D eigenvalue weighted by molar-refractivity contribution is 5.77. The second-order valence-electron chi connectivity index (χ2n) is 7.14. The molecule has 3 heteroatoms. The van der Waals surface area contributed by atoms with Gasteiger partial charge >= 0.3 is 0 Å². The van der Waals surface area contributed by atoms with Gasteiger partial charge in [-0.25, -0.2) is 4.98 Å². The summed E-state index contributed by atoms with van der Waals surface area (Å²) >= 11 is 0. The summed E-state index contributed by atoms with van der Waals surface area (Å²) in [5.41, 5.74) is 3.46. The van der Waals surface area contributed by atoms with Crippen LogP contribution in [0.5, 0.6) is 0 Å². The zero-order valence-corrected chi connectivity index (χ0v) is 12.9. The minimum atomic E-state index is 0.328. The van der Waals surface area contributed by atoms with Gasteiger partial charge in [-0.15, -0.1) is 0 Å². The number of anilines is 1. The van der Waals surface area contributed by atoms with Crippen LogP contribution in [0, 0.1) is 5.41 Å². The van der Waals surface area contributed by atoms with E-state index in [9.17, 15) is 0 Å². The van der Waals surface area contributed by atoms with E-state index in [0.29, 0.717) is 17.4 Å². The molecular weight excluding hydrogens is 248 g/mol. The van der Waals surface area contributed by atoms with Crippen LogP contribution in [0.1, 0.15) is 58.8 Å². The van der Waals surface area contributed by atoms with Crippen molar-refractivity contribution < 1.29 is 4.42 Å². The molecule has 1 aliphatic carbocycles. The topological polar surface area (TPSA) is 38.1 Å². The standard InChI is InChI=1S/C17H24N2O/c1-11(2)16-19-14-9-12(5-6-15(14)20-16)18-13-7-8-17(3,4)10-13/h5-6,9,11,13,18H,7-8,10H2,1-4H3. The number of benzene rings is 1. The molecule has 0 amide bonds. The number of hydrogen-bond donors (Lipinski definition) is 1. The van der Waals surface area contributed by atoms with E-state index in [4.69, 9.17) is 4.42 Å². The van der Waals surface area contributed by atoms with Crippen molar-refractivity contribution >= 4 is 16.8 Å². The Balaban J connectivity index is 1.79. The van der Waals surface area contributed by atoms with Gasteiger partial charge in [0.25, 0.3) is 0 Å². The molecule has 1 heterocycles. The van der Waals surface area contributed by atoms with E-state index < -0.39 is 0 Å². The van der Waals surface area contributed by atoms with Crippen molar-refractivity contribution in [2.75, 3.05) is 5.32 Å². The SMILES string of the molecule is CC(C)c1nc2cc(NC3CCC(C)(C)C3)ccc2o1. The van der Waals surface area contributed by atoms with Crippen molar-refractivity contribution in [3.8, 4) is 0 Å². The van der Waals surface area contributed by atoms with Gasteiger partial charge in [-0.1, -0.05) is 27.7 Å². The zero-order valence-electron chi connectivity index (χ0n) is 12.9. The van der Waals surface area contributed by atoms with Crippen LogP contribution in [0.2, 0.25) is 0 Å². The largest absolute Gasteiger partial charge is 0.440 e. The molecule has 1 atom stereocenters. The molecule has 0 bridgehead atoms. The molecule has 0 aliphatic heterocycles. The first-order valence-corrected chi connectivity index (χ1v) is 7.60. The molecule has 0 spiro atoms. The van der Waals surface area contributed by atoms with Crippen molar-refractivity contribution in [3.63, 3.8) is 0 Å². The van der Waals surface area contributed by atoms with Gasteiger partial charge in [-0.05, 0) is 42.9 Å². The summed E-state index contributed by atoms with van der Waals surface area (Å²) in [7, 11) is 0. The van der Waals surface area contributed by atoms with Crippen LogP contribution < -0.4 is 5.32 Å². The van der Waals surface area contributed by atoms with Crippen molar-refractivity contribution in [1.82, 2.24) is 4.98 Å². The van der Waals surface area contributed by atoms with Crippen LogP contribution in [0.4, 0.5) is 5.69 Å². The van der Waals surface area contributed by atoms with Gasteiger partial charge in [0.05, 0.1) is 0 Å². The Labute approximate surface area is 120 Å². The van der Waals surface area contributed by atoms with E-state index in [-0.39, 0.29) is 0 Å². The Bertz CT molecular complexity index is 612. The van der Waals surface area contributed by atoms with E-state index in [1.165, 1.54) is 19.3 Å². The summed E-state index contributed by atoms with van der Waals surface area (Å²) in [5, 5.41) is 3.65. The Morgan fingerprint density at radius 1 is 1.35 bits per heavy atom. The summed E-state index contributed by atoms with van der Waals surface area (Å²) in [6.07, 6.45) is 3.79. The third kappa shape index (κ3) is 2.67. The maximum atomic E-state index is 5.75. The molecular formula is C17H24N2O. The molecule has 1 N–H and O–H groups in total. The van der Waals surface area contributed by atoms with Crippen LogP contribution in [-0.4, -0.2) is 11.0 Å². The van der Waals surface area contributed by atoms with Gasteiger partial charge < -0.3 is 9.73 Å². The number of oxazole rings is 1. The smallest absolute Gasteiger partial charge is 0.198 e. The lowest BCUT2D eigenvalue weighted by atomic mass is 9.92. The molecule has 1 saturated carbocycles. The lowest BCUT2D eigenvalue weighted by Gasteiger charge is -2.18. The second-order valence-corrected chi connectivity index (χ2v) is 7.14. The van der Waals surface area contributed by atoms with Crippen LogP contribution in [0.15, 0.2) is 22.6 Å². The molecule has 1 fully saturated rings. The average Bonchev–Trinajstić information content (AvgIpc) is 2.92. The van der Waals surface area contributed by atoms with E-state index in [1.54, 1.807) is 0 Å². The molecule has 1 aromatic carbocycles. The highest BCUT2D eigenvalue weighted by Gasteiger charge is 2.30. The van der Waals surface area contributed by atoms with E-state index in [1.807, 2.05) is 6.07 Å². The Kier molecular flexibility index (Phi) is 3.23. The first-order valence-electron chi connectivity index (χ1n) is 7.60. The summed E-state index contributed by atoms with van der Waals surface area (Å²) in [5.74, 6) is 1.15. The Hall–Kier alpha value is -1.51.